The van der Waals surface area contributed by atoms with Crippen molar-refractivity contribution in [3.05, 3.63) is 126 Å². The van der Waals surface area contributed by atoms with Crippen LogP contribution in [0.4, 0.5) is 11.4 Å². The molecule has 206 valence electrons. The third kappa shape index (κ3) is 5.63. The van der Waals surface area contributed by atoms with Crippen molar-refractivity contribution in [3.63, 3.8) is 0 Å². The lowest BCUT2D eigenvalue weighted by Gasteiger charge is -2.11. The van der Waals surface area contributed by atoms with Gasteiger partial charge >= 0.3 is 5.97 Å². The predicted molar refractivity (Wildman–Crippen MR) is 171 cm³/mol. The highest BCUT2D eigenvalue weighted by atomic mass is 32.2. The average molecular weight is 572 g/mol. The number of aromatic carboxylic acids is 1. The van der Waals surface area contributed by atoms with Crippen LogP contribution in [0.2, 0.25) is 0 Å². The summed E-state index contributed by atoms with van der Waals surface area (Å²) in [5.41, 5.74) is 19.2. The van der Waals surface area contributed by atoms with Gasteiger partial charge in [0.15, 0.2) is 6.54 Å². The van der Waals surface area contributed by atoms with Crippen molar-refractivity contribution in [1.82, 2.24) is 0 Å². The Labute approximate surface area is 246 Å². The number of amidine groups is 1. The minimum absolute atomic E-state index is 0.221. The number of aliphatic imine (C=N–C) groups is 1. The standard InChI is InChI=1S/C33H26N6O2S/c34-24-14-10-22(11-15-24)29-20-42-33(36-29)38-37-28(21-6-2-1-3-7-21)19-39-30-9-5-4-8-26(30)27(32(40)41)18-31(39)23-12-16-25(35)17-13-23/h1-18,35H,19-20H2,(H3,34,36,38,40,41)/p+1/b37-28-. The van der Waals surface area contributed by atoms with Gasteiger partial charge in [0.25, 0.3) is 0 Å². The van der Waals surface area contributed by atoms with E-state index in [2.05, 4.69) is 9.67 Å². The van der Waals surface area contributed by atoms with Crippen molar-refractivity contribution in [3.8, 4) is 11.3 Å². The number of para-hydroxylation sites is 1. The molecular weight excluding hydrogens is 544 g/mol. The van der Waals surface area contributed by atoms with Crippen LogP contribution < -0.4 is 16.0 Å². The zero-order valence-corrected chi connectivity index (χ0v) is 23.3. The summed E-state index contributed by atoms with van der Waals surface area (Å²) in [5, 5.41) is 20.6. The first kappa shape index (κ1) is 26.9. The molecule has 5 N–H and O–H groups in total. The Balaban J connectivity index is 1.48. The topological polar surface area (TPSA) is 130 Å². The predicted octanol–water partition coefficient (Wildman–Crippen LogP) is 5.65. The van der Waals surface area contributed by atoms with Gasteiger partial charge in [-0.05, 0) is 48.0 Å². The Kier molecular flexibility index (Phi) is 7.49. The van der Waals surface area contributed by atoms with Gasteiger partial charge in [-0.25, -0.2) is 9.79 Å². The summed E-state index contributed by atoms with van der Waals surface area (Å²) in [6, 6.07) is 34.1. The summed E-state index contributed by atoms with van der Waals surface area (Å²) in [6.07, 6.45) is 0. The molecule has 6 rings (SSSR count). The molecule has 8 nitrogen and oxygen atoms in total. The van der Waals surface area contributed by atoms with Gasteiger partial charge in [-0.2, -0.15) is 4.57 Å². The quantitative estimate of drug-likeness (QED) is 0.101. The Morgan fingerprint density at radius 3 is 2.19 bits per heavy atom. The molecule has 0 unspecified atom stereocenters. The molecule has 0 spiro atoms. The summed E-state index contributed by atoms with van der Waals surface area (Å²) >= 11 is 1.53. The molecule has 0 atom stereocenters. The van der Waals surface area contributed by atoms with Crippen LogP contribution in [0.1, 0.15) is 21.5 Å². The normalized spacial score (nSPS) is 14.3. The van der Waals surface area contributed by atoms with Crippen molar-refractivity contribution in [2.45, 2.75) is 6.54 Å². The van der Waals surface area contributed by atoms with Gasteiger partial charge in [-0.15, -0.1) is 10.2 Å². The Bertz CT molecular complexity index is 1880. The number of fused-ring (bicyclic) bond motifs is 1. The van der Waals surface area contributed by atoms with E-state index in [-0.39, 0.29) is 5.56 Å². The summed E-state index contributed by atoms with van der Waals surface area (Å²) in [5.74, 6) is -0.303. The highest BCUT2D eigenvalue weighted by Gasteiger charge is 2.26. The Morgan fingerprint density at radius 2 is 1.50 bits per heavy atom. The lowest BCUT2D eigenvalue weighted by Crippen LogP contribution is -2.42. The van der Waals surface area contributed by atoms with E-state index in [9.17, 15) is 9.90 Å². The number of carboxylic acids is 1. The molecular formula is C33H27N6O2S+. The maximum Gasteiger partial charge on any atom is 0.336 e. The largest absolute Gasteiger partial charge is 0.478 e. The first-order chi connectivity index (χ1) is 20.5. The second kappa shape index (κ2) is 11.7. The number of nitrogens with zero attached hydrogens (tertiary/aromatic N) is 4. The minimum atomic E-state index is -0.994. The summed E-state index contributed by atoms with van der Waals surface area (Å²) in [7, 11) is 0. The molecule has 0 aliphatic carbocycles. The van der Waals surface area contributed by atoms with Gasteiger partial charge in [0, 0.05) is 40.4 Å². The fourth-order valence-corrected chi connectivity index (χ4v) is 5.62. The average Bonchev–Trinajstić information content (AvgIpc) is 3.49. The second-order valence-corrected chi connectivity index (χ2v) is 10.7. The van der Waals surface area contributed by atoms with E-state index < -0.39 is 5.97 Å². The van der Waals surface area contributed by atoms with Crippen LogP contribution in [-0.4, -0.2) is 33.4 Å². The highest BCUT2D eigenvalue weighted by molar-refractivity contribution is 8.15. The number of nitrogens with two attached hydrogens (primary N) is 2. The lowest BCUT2D eigenvalue weighted by atomic mass is 10.0. The van der Waals surface area contributed by atoms with E-state index in [1.54, 1.807) is 18.2 Å². The molecule has 2 heterocycles. The van der Waals surface area contributed by atoms with E-state index in [0.717, 1.165) is 33.6 Å². The molecule has 1 aromatic heterocycles. The van der Waals surface area contributed by atoms with E-state index in [1.807, 2.05) is 91.0 Å². The molecule has 0 amide bonds. The van der Waals surface area contributed by atoms with Crippen molar-refractivity contribution in [2.24, 2.45) is 15.2 Å². The van der Waals surface area contributed by atoms with Gasteiger partial charge < -0.3 is 16.6 Å². The number of carbonyl (C=O) groups is 1. The smallest absolute Gasteiger partial charge is 0.336 e. The number of nitrogen functional groups attached to an aromatic ring is 2. The van der Waals surface area contributed by atoms with Crippen LogP contribution in [0.5, 0.6) is 0 Å². The number of hydrogen-bond acceptors (Lipinski definition) is 6. The third-order valence-electron chi connectivity index (χ3n) is 6.98. The highest BCUT2D eigenvalue weighted by Crippen LogP contribution is 2.25. The first-order valence-electron chi connectivity index (χ1n) is 13.3. The number of thioether (sulfide) groups is 1. The number of aromatic nitrogens is 1. The molecule has 9 heteroatoms. The van der Waals surface area contributed by atoms with E-state index in [1.165, 1.54) is 11.8 Å². The van der Waals surface area contributed by atoms with E-state index in [4.69, 9.17) is 21.6 Å². The number of hydrogen-bond donors (Lipinski definition) is 3. The van der Waals surface area contributed by atoms with Crippen LogP contribution in [0.25, 0.3) is 22.2 Å². The van der Waals surface area contributed by atoms with Gasteiger partial charge in [0.1, 0.15) is 5.71 Å². The van der Waals surface area contributed by atoms with Crippen LogP contribution in [0, 0.1) is 0 Å². The zero-order chi connectivity index (χ0) is 29.1. The summed E-state index contributed by atoms with van der Waals surface area (Å²) in [6.45, 7) is 0.333. The Morgan fingerprint density at radius 1 is 0.857 bits per heavy atom. The molecule has 5 aromatic rings. The zero-order valence-electron chi connectivity index (χ0n) is 22.5. The van der Waals surface area contributed by atoms with Gasteiger partial charge in [0.05, 0.1) is 16.7 Å². The number of anilines is 2. The number of carboxylic acid groups (broad SMARTS) is 1. The molecule has 0 fully saturated rings. The maximum atomic E-state index is 12.3. The van der Waals surface area contributed by atoms with Crippen LogP contribution in [0.3, 0.4) is 0 Å². The van der Waals surface area contributed by atoms with Crippen LogP contribution in [0.15, 0.2) is 124 Å². The van der Waals surface area contributed by atoms with Gasteiger partial charge in [0.2, 0.25) is 16.4 Å². The van der Waals surface area contributed by atoms with Gasteiger partial charge in [-0.3, -0.25) is 0 Å². The molecule has 0 saturated carbocycles. The molecule has 4 aromatic carbocycles. The van der Waals surface area contributed by atoms with Crippen molar-refractivity contribution in [1.29, 1.82) is 0 Å². The number of pyridine rings is 1. The van der Waals surface area contributed by atoms with Crippen molar-refractivity contribution in [2.75, 3.05) is 17.2 Å². The molecule has 0 radical (unpaired) electrons. The fraction of sp³-hybridized carbons (Fsp3) is 0.0606. The molecule has 0 bridgehead atoms. The Hall–Kier alpha value is -5.28. The van der Waals surface area contributed by atoms with Crippen LogP contribution in [-0.2, 0) is 6.54 Å². The SMILES string of the molecule is Nc1ccc(C2=N/C(=N/N=C(/C[n+]3c(-c4ccc(N)cc4)cc(C(=O)O)c4ccccc43)c3ccccc3)SC2)cc1. The second-order valence-electron chi connectivity index (χ2n) is 9.74. The van der Waals surface area contributed by atoms with Crippen molar-refractivity contribution < 1.29 is 14.5 Å². The first-order valence-corrected chi connectivity index (χ1v) is 14.3. The molecule has 0 saturated heterocycles. The fourth-order valence-electron chi connectivity index (χ4n) is 4.85. The molecule has 42 heavy (non-hydrogen) atoms. The number of rotatable bonds is 7. The monoisotopic (exact) mass is 571 g/mol. The summed E-state index contributed by atoms with van der Waals surface area (Å²) in [4.78, 5) is 17.0. The van der Waals surface area contributed by atoms with Crippen molar-refractivity contribution >= 4 is 56.6 Å². The number of benzene rings is 4. The summed E-state index contributed by atoms with van der Waals surface area (Å²) < 4.78 is 2.07. The van der Waals surface area contributed by atoms with E-state index in [0.29, 0.717) is 39.9 Å². The maximum absolute atomic E-state index is 12.3. The molecule has 1 aliphatic heterocycles. The van der Waals surface area contributed by atoms with Gasteiger partial charge in [-0.1, -0.05) is 66.4 Å². The third-order valence-corrected chi connectivity index (χ3v) is 7.83. The minimum Gasteiger partial charge on any atom is -0.478 e. The lowest BCUT2D eigenvalue weighted by molar-refractivity contribution is -0.644. The van der Waals surface area contributed by atoms with E-state index >= 15 is 0 Å². The van der Waals surface area contributed by atoms with Crippen LogP contribution >= 0.6 is 11.8 Å². The molecule has 1 aliphatic rings.